The molecule has 0 unspecified atom stereocenters. The van der Waals surface area contributed by atoms with E-state index in [9.17, 15) is 14.7 Å². The third-order valence-corrected chi connectivity index (χ3v) is 2.83. The van der Waals surface area contributed by atoms with E-state index in [1.165, 1.54) is 23.9 Å². The van der Waals surface area contributed by atoms with Crippen molar-refractivity contribution in [3.05, 3.63) is 60.4 Å². The van der Waals surface area contributed by atoms with Gasteiger partial charge >= 0.3 is 5.97 Å². The summed E-state index contributed by atoms with van der Waals surface area (Å²) in [6.07, 6.45) is 1.39. The molecular formula is C15H13NO4. The fraction of sp³-hybridized carbons (Fsp3) is 0.0667. The molecule has 0 aliphatic carbocycles. The minimum Gasteiger partial charge on any atom is -0.506 e. The molecule has 0 spiro atoms. The van der Waals surface area contributed by atoms with E-state index >= 15 is 0 Å². The summed E-state index contributed by atoms with van der Waals surface area (Å²) in [7, 11) is 1.22. The van der Waals surface area contributed by atoms with Crippen molar-refractivity contribution >= 4 is 17.4 Å². The molecule has 0 aliphatic heterocycles. The molecule has 0 atom stereocenters. The molecular weight excluding hydrogens is 258 g/mol. The molecule has 2 aromatic rings. The Hall–Kier alpha value is -2.82. The van der Waals surface area contributed by atoms with Crippen LogP contribution in [0.4, 0.5) is 0 Å². The van der Waals surface area contributed by atoms with Crippen LogP contribution in [-0.4, -0.2) is 28.5 Å². The number of carbonyl (C=O) groups excluding carboxylic acids is 2. The van der Waals surface area contributed by atoms with Crippen molar-refractivity contribution in [2.75, 3.05) is 7.11 Å². The van der Waals surface area contributed by atoms with Crippen molar-refractivity contribution in [2.24, 2.45) is 0 Å². The molecule has 0 aliphatic rings. The SMILES string of the molecule is C=C(C(=O)OC)n1ccc(O)c1C(=O)c1ccccc1. The lowest BCUT2D eigenvalue weighted by Crippen LogP contribution is -2.14. The van der Waals surface area contributed by atoms with Gasteiger partial charge in [-0.05, 0) is 6.07 Å². The van der Waals surface area contributed by atoms with E-state index in [1.54, 1.807) is 30.3 Å². The molecule has 1 N–H and O–H groups in total. The van der Waals surface area contributed by atoms with Crippen molar-refractivity contribution in [3.8, 4) is 5.75 Å². The Kier molecular flexibility index (Phi) is 3.70. The Labute approximate surface area is 115 Å². The maximum atomic E-state index is 12.4. The lowest BCUT2D eigenvalue weighted by Gasteiger charge is -2.09. The number of aromatic hydroxyl groups is 1. The molecule has 5 nitrogen and oxygen atoms in total. The topological polar surface area (TPSA) is 68.5 Å². The van der Waals surface area contributed by atoms with Gasteiger partial charge in [-0.15, -0.1) is 0 Å². The number of benzene rings is 1. The highest BCUT2D eigenvalue weighted by Crippen LogP contribution is 2.24. The highest BCUT2D eigenvalue weighted by Gasteiger charge is 2.22. The first-order valence-corrected chi connectivity index (χ1v) is 5.84. The Balaban J connectivity index is 2.48. The number of ketones is 1. The van der Waals surface area contributed by atoms with Crippen LogP contribution in [0, 0.1) is 0 Å². The van der Waals surface area contributed by atoms with Gasteiger partial charge in [-0.1, -0.05) is 36.9 Å². The maximum Gasteiger partial charge on any atom is 0.354 e. The van der Waals surface area contributed by atoms with Crippen LogP contribution in [0.25, 0.3) is 5.70 Å². The van der Waals surface area contributed by atoms with E-state index < -0.39 is 11.8 Å². The number of methoxy groups -OCH3 is 1. The number of aromatic nitrogens is 1. The van der Waals surface area contributed by atoms with Gasteiger partial charge in [-0.25, -0.2) is 4.79 Å². The summed E-state index contributed by atoms with van der Waals surface area (Å²) in [5, 5.41) is 9.83. The van der Waals surface area contributed by atoms with Crippen molar-refractivity contribution in [3.63, 3.8) is 0 Å². The summed E-state index contributed by atoms with van der Waals surface area (Å²) in [6, 6.07) is 9.78. The van der Waals surface area contributed by atoms with Gasteiger partial charge in [-0.3, -0.25) is 4.79 Å². The Morgan fingerprint density at radius 2 is 1.85 bits per heavy atom. The molecule has 20 heavy (non-hydrogen) atoms. The Morgan fingerprint density at radius 3 is 2.45 bits per heavy atom. The van der Waals surface area contributed by atoms with Crippen molar-refractivity contribution in [1.29, 1.82) is 0 Å². The quantitative estimate of drug-likeness (QED) is 0.525. The second-order valence-electron chi connectivity index (χ2n) is 4.05. The zero-order valence-electron chi connectivity index (χ0n) is 10.9. The van der Waals surface area contributed by atoms with E-state index in [2.05, 4.69) is 11.3 Å². The van der Waals surface area contributed by atoms with E-state index in [0.717, 1.165) is 0 Å². The van der Waals surface area contributed by atoms with E-state index in [4.69, 9.17) is 0 Å². The summed E-state index contributed by atoms with van der Waals surface area (Å²) >= 11 is 0. The summed E-state index contributed by atoms with van der Waals surface area (Å²) in [5.74, 6) is -1.30. The maximum absolute atomic E-state index is 12.4. The fourth-order valence-corrected chi connectivity index (χ4v) is 1.82. The second kappa shape index (κ2) is 5.44. The smallest absolute Gasteiger partial charge is 0.354 e. The van der Waals surface area contributed by atoms with Crippen LogP contribution in [0.2, 0.25) is 0 Å². The van der Waals surface area contributed by atoms with Crippen LogP contribution < -0.4 is 0 Å². The molecule has 1 heterocycles. The van der Waals surface area contributed by atoms with Crippen LogP contribution in [-0.2, 0) is 9.53 Å². The predicted octanol–water partition coefficient (Wildman–Crippen LogP) is 2.07. The van der Waals surface area contributed by atoms with Crippen molar-refractivity contribution in [2.45, 2.75) is 0 Å². The number of rotatable bonds is 4. The third kappa shape index (κ3) is 2.33. The zero-order chi connectivity index (χ0) is 14.7. The number of hydrogen-bond acceptors (Lipinski definition) is 4. The second-order valence-corrected chi connectivity index (χ2v) is 4.05. The molecule has 102 valence electrons. The number of nitrogens with zero attached hydrogens (tertiary/aromatic N) is 1. The average molecular weight is 271 g/mol. The number of ether oxygens (including phenoxy) is 1. The van der Waals surface area contributed by atoms with E-state index in [0.29, 0.717) is 5.56 Å². The fourth-order valence-electron chi connectivity index (χ4n) is 1.82. The van der Waals surface area contributed by atoms with Crippen LogP contribution in [0.5, 0.6) is 5.75 Å². The van der Waals surface area contributed by atoms with Crippen molar-refractivity contribution in [1.82, 2.24) is 4.57 Å². The Bertz CT molecular complexity index is 670. The molecule has 0 radical (unpaired) electrons. The molecule has 0 saturated heterocycles. The van der Waals surface area contributed by atoms with Crippen LogP contribution >= 0.6 is 0 Å². The largest absolute Gasteiger partial charge is 0.506 e. The Morgan fingerprint density at radius 1 is 1.20 bits per heavy atom. The first kappa shape index (κ1) is 13.6. The first-order chi connectivity index (χ1) is 9.56. The minimum atomic E-state index is -0.678. The van der Waals surface area contributed by atoms with Crippen LogP contribution in [0.3, 0.4) is 0 Å². The zero-order valence-corrected chi connectivity index (χ0v) is 10.9. The van der Waals surface area contributed by atoms with Gasteiger partial charge in [0.05, 0.1) is 7.11 Å². The highest BCUT2D eigenvalue weighted by atomic mass is 16.5. The molecule has 0 bridgehead atoms. The number of carbonyl (C=O) groups is 2. The molecule has 0 fully saturated rings. The average Bonchev–Trinajstić information content (AvgIpc) is 2.87. The van der Waals surface area contributed by atoms with Crippen LogP contribution in [0.1, 0.15) is 16.1 Å². The van der Waals surface area contributed by atoms with E-state index in [1.807, 2.05) is 0 Å². The summed E-state index contributed by atoms with van der Waals surface area (Å²) in [5.41, 5.74) is 0.332. The summed E-state index contributed by atoms with van der Waals surface area (Å²) in [4.78, 5) is 23.9. The van der Waals surface area contributed by atoms with Gasteiger partial charge in [-0.2, -0.15) is 0 Å². The third-order valence-electron chi connectivity index (χ3n) is 2.83. The minimum absolute atomic E-state index is 0.0217. The highest BCUT2D eigenvalue weighted by molar-refractivity contribution is 6.14. The van der Waals surface area contributed by atoms with Gasteiger partial charge in [0, 0.05) is 11.8 Å². The molecule has 2 rings (SSSR count). The first-order valence-electron chi connectivity index (χ1n) is 5.84. The van der Waals surface area contributed by atoms with E-state index in [-0.39, 0.29) is 17.1 Å². The monoisotopic (exact) mass is 271 g/mol. The normalized spacial score (nSPS) is 10.1. The summed E-state index contributed by atoms with van der Waals surface area (Å²) in [6.45, 7) is 3.57. The van der Waals surface area contributed by atoms with Crippen LogP contribution in [0.15, 0.2) is 49.2 Å². The molecule has 1 aromatic carbocycles. The number of hydrogen-bond donors (Lipinski definition) is 1. The number of esters is 1. The van der Waals surface area contributed by atoms with Gasteiger partial charge in [0.25, 0.3) is 0 Å². The van der Waals surface area contributed by atoms with Gasteiger partial charge < -0.3 is 14.4 Å². The lowest BCUT2D eigenvalue weighted by molar-refractivity contribution is -0.134. The molecule has 5 heteroatoms. The molecule has 0 saturated carbocycles. The standard InChI is InChI=1S/C15H13NO4/c1-10(15(19)20-2)16-9-8-12(17)13(16)14(18)11-6-4-3-5-7-11/h3-9,17H,1H2,2H3. The molecule has 0 amide bonds. The summed E-state index contributed by atoms with van der Waals surface area (Å²) < 4.78 is 5.78. The van der Waals surface area contributed by atoms with Gasteiger partial charge in [0.1, 0.15) is 17.1 Å². The predicted molar refractivity (Wildman–Crippen MR) is 73.3 cm³/mol. The van der Waals surface area contributed by atoms with Gasteiger partial charge in [0.2, 0.25) is 5.78 Å². The molecule has 1 aromatic heterocycles. The lowest BCUT2D eigenvalue weighted by atomic mass is 10.1. The van der Waals surface area contributed by atoms with Crippen molar-refractivity contribution < 1.29 is 19.4 Å². The van der Waals surface area contributed by atoms with Gasteiger partial charge in [0.15, 0.2) is 0 Å².